The molecule has 0 aliphatic rings. The van der Waals surface area contributed by atoms with Gasteiger partial charge < -0.3 is 15.0 Å². The molecule has 98 valence electrons. The second-order valence-corrected chi connectivity index (χ2v) is 3.86. The van der Waals surface area contributed by atoms with Crippen molar-refractivity contribution >= 4 is 5.91 Å². The van der Waals surface area contributed by atoms with Crippen molar-refractivity contribution in [2.75, 3.05) is 13.2 Å². The minimum atomic E-state index is -0.243. The predicted octanol–water partition coefficient (Wildman–Crippen LogP) is 1.18. The fourth-order valence-electron chi connectivity index (χ4n) is 1.50. The first kappa shape index (κ1) is 12.9. The molecule has 2 aromatic rings. The summed E-state index contributed by atoms with van der Waals surface area (Å²) in [5.41, 5.74) is 0.184. The first-order valence-corrected chi connectivity index (χ1v) is 5.90. The molecule has 5 heteroatoms. The van der Waals surface area contributed by atoms with E-state index in [2.05, 4.69) is 10.3 Å². The lowest BCUT2D eigenvalue weighted by Crippen LogP contribution is -2.28. The zero-order valence-electron chi connectivity index (χ0n) is 10.3. The van der Waals surface area contributed by atoms with Crippen LogP contribution in [-0.4, -0.2) is 24.0 Å². The average molecular weight is 258 g/mol. The molecule has 2 N–H and O–H groups in total. The van der Waals surface area contributed by atoms with Gasteiger partial charge in [-0.1, -0.05) is 18.2 Å². The number of pyridine rings is 1. The molecule has 0 aliphatic heterocycles. The van der Waals surface area contributed by atoms with Crippen molar-refractivity contribution in [2.24, 2.45) is 0 Å². The molecule has 0 atom stereocenters. The van der Waals surface area contributed by atoms with E-state index < -0.39 is 0 Å². The van der Waals surface area contributed by atoms with E-state index in [0.717, 1.165) is 5.75 Å². The highest BCUT2D eigenvalue weighted by molar-refractivity contribution is 5.93. The Morgan fingerprint density at radius 2 is 1.95 bits per heavy atom. The fraction of sp³-hybridized carbons (Fsp3) is 0.143. The maximum atomic E-state index is 11.7. The molecule has 5 nitrogen and oxygen atoms in total. The van der Waals surface area contributed by atoms with Crippen LogP contribution >= 0.6 is 0 Å². The highest BCUT2D eigenvalue weighted by Gasteiger charge is 2.04. The first-order chi connectivity index (χ1) is 9.25. The van der Waals surface area contributed by atoms with E-state index in [1.807, 2.05) is 30.3 Å². The largest absolute Gasteiger partial charge is 0.492 e. The van der Waals surface area contributed by atoms with Gasteiger partial charge in [-0.25, -0.2) is 0 Å². The highest BCUT2D eigenvalue weighted by Crippen LogP contribution is 2.07. The van der Waals surface area contributed by atoms with Gasteiger partial charge in [0.05, 0.1) is 12.1 Å². The monoisotopic (exact) mass is 258 g/mol. The molecule has 0 saturated heterocycles. The molecule has 0 radical (unpaired) electrons. The van der Waals surface area contributed by atoms with Gasteiger partial charge in [-0.15, -0.1) is 0 Å². The Morgan fingerprint density at radius 1 is 1.16 bits per heavy atom. The number of para-hydroxylation sites is 1. The zero-order valence-corrected chi connectivity index (χ0v) is 10.3. The van der Waals surface area contributed by atoms with Crippen molar-refractivity contribution in [3.8, 4) is 5.75 Å². The van der Waals surface area contributed by atoms with Gasteiger partial charge in [-0.3, -0.25) is 9.59 Å². The van der Waals surface area contributed by atoms with Crippen molar-refractivity contribution < 1.29 is 9.53 Å². The lowest BCUT2D eigenvalue weighted by Gasteiger charge is -2.07. The van der Waals surface area contributed by atoms with Gasteiger partial charge in [-0.2, -0.15) is 0 Å². The Labute approximate surface area is 110 Å². The Bertz CT molecular complexity index is 573. The van der Waals surface area contributed by atoms with Gasteiger partial charge >= 0.3 is 0 Å². The van der Waals surface area contributed by atoms with Crippen LogP contribution < -0.4 is 15.6 Å². The summed E-state index contributed by atoms with van der Waals surface area (Å²) >= 11 is 0. The lowest BCUT2D eigenvalue weighted by atomic mass is 10.3. The van der Waals surface area contributed by atoms with Crippen molar-refractivity contribution in [3.63, 3.8) is 0 Å². The van der Waals surface area contributed by atoms with Crippen LogP contribution in [0.5, 0.6) is 5.75 Å². The molecule has 0 unspecified atom stereocenters. The third kappa shape index (κ3) is 3.99. The number of hydrogen-bond acceptors (Lipinski definition) is 3. The molecule has 1 heterocycles. The highest BCUT2D eigenvalue weighted by atomic mass is 16.5. The third-order valence-electron chi connectivity index (χ3n) is 2.45. The normalized spacial score (nSPS) is 9.89. The van der Waals surface area contributed by atoms with E-state index in [0.29, 0.717) is 18.7 Å². The van der Waals surface area contributed by atoms with Crippen molar-refractivity contribution in [2.45, 2.75) is 0 Å². The SMILES string of the molecule is O=C(NCCOc1ccccc1)c1ccc(=O)[nH]c1. The molecule has 0 aliphatic carbocycles. The smallest absolute Gasteiger partial charge is 0.252 e. The lowest BCUT2D eigenvalue weighted by molar-refractivity contribution is 0.0946. The van der Waals surface area contributed by atoms with Gasteiger partial charge in [0.1, 0.15) is 12.4 Å². The maximum absolute atomic E-state index is 11.7. The number of aromatic nitrogens is 1. The first-order valence-electron chi connectivity index (χ1n) is 5.90. The standard InChI is InChI=1S/C14H14N2O3/c17-13-7-6-11(10-16-13)14(18)15-8-9-19-12-4-2-1-3-5-12/h1-7,10H,8-9H2,(H,15,18)(H,16,17). The number of amides is 1. The minimum Gasteiger partial charge on any atom is -0.492 e. The molecule has 0 spiro atoms. The van der Waals surface area contributed by atoms with Crippen molar-refractivity contribution in [1.29, 1.82) is 0 Å². The molecule has 0 bridgehead atoms. The Kier molecular flexibility index (Phi) is 4.34. The zero-order chi connectivity index (χ0) is 13.5. The summed E-state index contributed by atoms with van der Waals surface area (Å²) < 4.78 is 5.44. The number of aromatic amines is 1. The van der Waals surface area contributed by atoms with Crippen LogP contribution in [0.15, 0.2) is 53.5 Å². The molecular formula is C14H14N2O3. The summed E-state index contributed by atoms with van der Waals surface area (Å²) in [6.07, 6.45) is 1.38. The van der Waals surface area contributed by atoms with Crippen LogP contribution in [0.2, 0.25) is 0 Å². The quantitative estimate of drug-likeness (QED) is 0.791. The predicted molar refractivity (Wildman–Crippen MR) is 71.3 cm³/mol. The van der Waals surface area contributed by atoms with Crippen LogP contribution in [0, 0.1) is 0 Å². The van der Waals surface area contributed by atoms with Gasteiger partial charge in [0, 0.05) is 12.3 Å². The summed E-state index contributed by atoms with van der Waals surface area (Å²) in [5, 5.41) is 2.70. The second kappa shape index (κ2) is 6.39. The number of benzene rings is 1. The Hall–Kier alpha value is -2.56. The van der Waals surface area contributed by atoms with E-state index in [1.165, 1.54) is 18.3 Å². The molecule has 19 heavy (non-hydrogen) atoms. The van der Waals surface area contributed by atoms with E-state index in [1.54, 1.807) is 0 Å². The average Bonchev–Trinajstić information content (AvgIpc) is 2.45. The van der Waals surface area contributed by atoms with E-state index >= 15 is 0 Å². The molecule has 1 aromatic heterocycles. The molecule has 0 fully saturated rings. The fourth-order valence-corrected chi connectivity index (χ4v) is 1.50. The molecular weight excluding hydrogens is 244 g/mol. The van der Waals surface area contributed by atoms with Crippen LogP contribution in [-0.2, 0) is 0 Å². The summed E-state index contributed by atoms with van der Waals surface area (Å²) in [5.74, 6) is 0.522. The Balaban J connectivity index is 1.75. The number of rotatable bonds is 5. The topological polar surface area (TPSA) is 71.2 Å². The van der Waals surface area contributed by atoms with Crippen LogP contribution in [0.25, 0.3) is 0 Å². The maximum Gasteiger partial charge on any atom is 0.252 e. The molecule has 1 aromatic carbocycles. The summed E-state index contributed by atoms with van der Waals surface area (Å²) in [7, 11) is 0. The van der Waals surface area contributed by atoms with E-state index in [-0.39, 0.29) is 11.5 Å². The van der Waals surface area contributed by atoms with E-state index in [4.69, 9.17) is 4.74 Å². The third-order valence-corrected chi connectivity index (χ3v) is 2.45. The summed E-state index contributed by atoms with van der Waals surface area (Å²) in [6, 6.07) is 12.2. The molecule has 0 saturated carbocycles. The van der Waals surface area contributed by atoms with Crippen LogP contribution in [0.4, 0.5) is 0 Å². The number of ether oxygens (including phenoxy) is 1. The molecule has 1 amide bonds. The Morgan fingerprint density at radius 3 is 2.63 bits per heavy atom. The number of nitrogens with one attached hydrogen (secondary N) is 2. The van der Waals surface area contributed by atoms with Gasteiger partial charge in [0.25, 0.3) is 5.91 Å². The van der Waals surface area contributed by atoms with Crippen molar-refractivity contribution in [3.05, 3.63) is 64.6 Å². The number of H-pyrrole nitrogens is 1. The summed E-state index contributed by atoms with van der Waals surface area (Å²) in [6.45, 7) is 0.784. The van der Waals surface area contributed by atoms with Gasteiger partial charge in [-0.05, 0) is 18.2 Å². The molecule has 2 rings (SSSR count). The second-order valence-electron chi connectivity index (χ2n) is 3.86. The summed E-state index contributed by atoms with van der Waals surface area (Å²) in [4.78, 5) is 25.0. The number of hydrogen-bond donors (Lipinski definition) is 2. The number of carbonyl (C=O) groups is 1. The van der Waals surface area contributed by atoms with Crippen LogP contribution in [0.3, 0.4) is 0 Å². The van der Waals surface area contributed by atoms with Gasteiger partial charge in [0.15, 0.2) is 0 Å². The van der Waals surface area contributed by atoms with E-state index in [9.17, 15) is 9.59 Å². The minimum absolute atomic E-state index is 0.232. The van der Waals surface area contributed by atoms with Crippen LogP contribution in [0.1, 0.15) is 10.4 Å². The van der Waals surface area contributed by atoms with Crippen molar-refractivity contribution in [1.82, 2.24) is 10.3 Å². The van der Waals surface area contributed by atoms with Gasteiger partial charge in [0.2, 0.25) is 5.56 Å². The number of carbonyl (C=O) groups excluding carboxylic acids is 1.